The zero-order valence-corrected chi connectivity index (χ0v) is 15.8. The molecule has 0 saturated heterocycles. The Bertz CT molecular complexity index is 803. The molecule has 0 aliphatic rings. The number of ether oxygens (including phenoxy) is 1. The third-order valence-electron chi connectivity index (χ3n) is 4.72. The second-order valence-electron chi connectivity index (χ2n) is 6.20. The maximum absolute atomic E-state index is 13.1. The molecule has 0 bridgehead atoms. The predicted octanol–water partition coefficient (Wildman–Crippen LogP) is 3.79. The van der Waals surface area contributed by atoms with Gasteiger partial charge in [-0.25, -0.2) is 0 Å². The van der Waals surface area contributed by atoms with Crippen LogP contribution in [-0.2, 0) is 14.3 Å². The molecule has 1 rings (SSSR count). The first kappa shape index (κ1) is 22.8. The normalized spacial score (nSPS) is 12.4. The first-order valence-electron chi connectivity index (χ1n) is 8.73. The largest absolute Gasteiger partial charge is 0.469 e. The summed E-state index contributed by atoms with van der Waals surface area (Å²) in [5.41, 5.74) is 6.45. The van der Waals surface area contributed by atoms with Gasteiger partial charge >= 0.3 is 5.97 Å². The van der Waals surface area contributed by atoms with E-state index in [9.17, 15) is 24.5 Å². The molecule has 0 saturated carbocycles. The Balaban J connectivity index is 3.24. The van der Waals surface area contributed by atoms with Crippen LogP contribution in [0.1, 0.15) is 49.4 Å². The van der Waals surface area contributed by atoms with Crippen molar-refractivity contribution in [3.8, 4) is 0 Å². The van der Waals surface area contributed by atoms with E-state index in [2.05, 4.69) is 14.8 Å². The third kappa shape index (κ3) is 5.62. The van der Waals surface area contributed by atoms with Gasteiger partial charge in [-0.3, -0.25) is 24.5 Å². The van der Waals surface area contributed by atoms with E-state index in [-0.39, 0.29) is 37.8 Å². The van der Waals surface area contributed by atoms with Gasteiger partial charge in [-0.15, -0.1) is 0 Å². The van der Waals surface area contributed by atoms with Crippen LogP contribution in [0.25, 0.3) is 10.4 Å². The summed E-state index contributed by atoms with van der Waals surface area (Å²) in [6.45, 7) is 1.83. The molecule has 150 valence electrons. The van der Waals surface area contributed by atoms with E-state index in [4.69, 9.17) is 5.53 Å². The summed E-state index contributed by atoms with van der Waals surface area (Å²) in [5.74, 6) is -2.30. The summed E-state index contributed by atoms with van der Waals surface area (Å²) in [6.07, 6.45) is 0.741. The van der Waals surface area contributed by atoms with Gasteiger partial charge in [-0.05, 0) is 37.3 Å². The molecule has 28 heavy (non-hydrogen) atoms. The number of nitro groups is 1. The van der Waals surface area contributed by atoms with Crippen molar-refractivity contribution in [3.63, 3.8) is 0 Å². The first-order valence-corrected chi connectivity index (χ1v) is 8.73. The number of carbonyl (C=O) groups excluding carboxylic acids is 3. The fourth-order valence-corrected chi connectivity index (χ4v) is 3.03. The lowest BCUT2D eigenvalue weighted by Crippen LogP contribution is -2.37. The number of para-hydroxylation sites is 1. The zero-order valence-electron chi connectivity index (χ0n) is 15.8. The quantitative estimate of drug-likeness (QED) is 0.0609. The highest BCUT2D eigenvalue weighted by Gasteiger charge is 2.41. The fourth-order valence-electron chi connectivity index (χ4n) is 3.03. The summed E-state index contributed by atoms with van der Waals surface area (Å²) < 4.78 is 4.62. The van der Waals surface area contributed by atoms with Gasteiger partial charge < -0.3 is 4.74 Å². The minimum absolute atomic E-state index is 0.0532. The number of esters is 1. The zero-order chi connectivity index (χ0) is 21.2. The number of benzene rings is 1. The van der Waals surface area contributed by atoms with Crippen molar-refractivity contribution in [1.82, 2.24) is 0 Å². The average Bonchev–Trinajstić information content (AvgIpc) is 2.72. The molecular weight excluding hydrogens is 368 g/mol. The molecular formula is C18H22N4O6. The molecule has 0 amide bonds. The molecule has 0 N–H and O–H groups in total. The van der Waals surface area contributed by atoms with Gasteiger partial charge in [0.15, 0.2) is 0 Å². The van der Waals surface area contributed by atoms with E-state index in [0.717, 1.165) is 6.07 Å². The van der Waals surface area contributed by atoms with Gasteiger partial charge in [0.25, 0.3) is 5.69 Å². The lowest BCUT2D eigenvalue weighted by atomic mass is 9.71. The SMILES string of the molecule is CC[C@@](CCCN=[N+]=[N-])(CCC(=O)OC)C(=O)C(=O)c1ccccc1[N+](=O)[O-]. The van der Waals surface area contributed by atoms with Crippen LogP contribution >= 0.6 is 0 Å². The summed E-state index contributed by atoms with van der Waals surface area (Å²) in [6, 6.07) is 5.24. The highest BCUT2D eigenvalue weighted by atomic mass is 16.6. The van der Waals surface area contributed by atoms with E-state index in [0.29, 0.717) is 6.42 Å². The Labute approximate surface area is 161 Å². The summed E-state index contributed by atoms with van der Waals surface area (Å²) in [4.78, 5) is 50.7. The number of azide groups is 1. The number of methoxy groups -OCH3 is 1. The number of hydrogen-bond acceptors (Lipinski definition) is 7. The van der Waals surface area contributed by atoms with Gasteiger partial charge in [0.05, 0.1) is 12.0 Å². The van der Waals surface area contributed by atoms with Crippen LogP contribution in [0.5, 0.6) is 0 Å². The van der Waals surface area contributed by atoms with Gasteiger partial charge in [-0.2, -0.15) is 0 Å². The van der Waals surface area contributed by atoms with Gasteiger partial charge in [-0.1, -0.05) is 24.2 Å². The van der Waals surface area contributed by atoms with E-state index in [1.807, 2.05) is 0 Å². The Morgan fingerprint density at radius 3 is 2.54 bits per heavy atom. The van der Waals surface area contributed by atoms with Crippen molar-refractivity contribution >= 4 is 23.2 Å². The Morgan fingerprint density at radius 1 is 1.29 bits per heavy atom. The molecule has 0 fully saturated rings. The standard InChI is InChI=1S/C18H22N4O6/c1-3-18(10-6-12-20-21-19,11-9-15(23)28-2)17(25)16(24)13-7-4-5-8-14(13)22(26)27/h4-5,7-8H,3,6,9-12H2,1-2H3/t18-/m1/s1. The number of ketones is 2. The van der Waals surface area contributed by atoms with Crippen molar-refractivity contribution in [2.45, 2.75) is 39.0 Å². The first-order chi connectivity index (χ1) is 13.3. The second-order valence-corrected chi connectivity index (χ2v) is 6.20. The molecule has 1 atom stereocenters. The van der Waals surface area contributed by atoms with Gasteiger partial charge in [0, 0.05) is 29.4 Å². The molecule has 0 aliphatic carbocycles. The summed E-state index contributed by atoms with van der Waals surface area (Å²) in [7, 11) is 1.22. The highest BCUT2D eigenvalue weighted by molar-refractivity contribution is 6.46. The van der Waals surface area contributed by atoms with Crippen molar-refractivity contribution < 1.29 is 24.0 Å². The average molecular weight is 390 g/mol. The van der Waals surface area contributed by atoms with Crippen LogP contribution in [0.4, 0.5) is 5.69 Å². The molecule has 1 aromatic rings. The number of Topliss-reactive ketones (excluding diaryl/α,β-unsaturated/α-hetero) is 2. The third-order valence-corrected chi connectivity index (χ3v) is 4.72. The lowest BCUT2D eigenvalue weighted by Gasteiger charge is -2.30. The highest BCUT2D eigenvalue weighted by Crippen LogP contribution is 2.37. The topological polar surface area (TPSA) is 152 Å². The fraction of sp³-hybridized carbons (Fsp3) is 0.500. The second kappa shape index (κ2) is 10.8. The van der Waals surface area contributed by atoms with E-state index in [1.165, 1.54) is 25.3 Å². The monoisotopic (exact) mass is 390 g/mol. The van der Waals surface area contributed by atoms with Crippen LogP contribution in [0.2, 0.25) is 0 Å². The maximum atomic E-state index is 13.1. The van der Waals surface area contributed by atoms with Crippen LogP contribution in [0.15, 0.2) is 29.4 Å². The van der Waals surface area contributed by atoms with Gasteiger partial charge in [0.2, 0.25) is 11.6 Å². The molecule has 0 aliphatic heterocycles. The minimum atomic E-state index is -1.21. The van der Waals surface area contributed by atoms with E-state index < -0.39 is 33.6 Å². The molecule has 0 heterocycles. The molecule has 10 heteroatoms. The van der Waals surface area contributed by atoms with Crippen molar-refractivity contribution in [3.05, 3.63) is 50.4 Å². The summed E-state index contributed by atoms with van der Waals surface area (Å²) in [5, 5.41) is 14.6. The van der Waals surface area contributed by atoms with E-state index >= 15 is 0 Å². The number of hydrogen-bond donors (Lipinski definition) is 0. The number of carbonyl (C=O) groups is 3. The molecule has 10 nitrogen and oxygen atoms in total. The predicted molar refractivity (Wildman–Crippen MR) is 99.7 cm³/mol. The minimum Gasteiger partial charge on any atom is -0.469 e. The van der Waals surface area contributed by atoms with Gasteiger partial charge in [0.1, 0.15) is 5.56 Å². The van der Waals surface area contributed by atoms with Crippen molar-refractivity contribution in [2.75, 3.05) is 13.7 Å². The van der Waals surface area contributed by atoms with E-state index in [1.54, 1.807) is 6.92 Å². The lowest BCUT2D eigenvalue weighted by molar-refractivity contribution is -0.385. The maximum Gasteiger partial charge on any atom is 0.305 e. The Morgan fingerprint density at radius 2 is 1.96 bits per heavy atom. The molecule has 0 aromatic heterocycles. The molecule has 0 radical (unpaired) electrons. The Kier molecular flexibility index (Phi) is 8.77. The molecule has 1 aromatic carbocycles. The number of rotatable bonds is 12. The number of nitro benzene ring substituents is 1. The van der Waals surface area contributed by atoms with Crippen LogP contribution in [-0.4, -0.2) is 36.1 Å². The Hall–Kier alpha value is -3.26. The number of nitrogens with zero attached hydrogens (tertiary/aromatic N) is 4. The van der Waals surface area contributed by atoms with Crippen molar-refractivity contribution in [2.24, 2.45) is 10.5 Å². The van der Waals surface area contributed by atoms with Crippen LogP contribution < -0.4 is 0 Å². The summed E-state index contributed by atoms with van der Waals surface area (Å²) >= 11 is 0. The van der Waals surface area contributed by atoms with Crippen LogP contribution in [0, 0.1) is 15.5 Å². The molecule has 0 spiro atoms. The smallest absolute Gasteiger partial charge is 0.305 e. The molecule has 0 unspecified atom stereocenters. The van der Waals surface area contributed by atoms with Crippen molar-refractivity contribution in [1.29, 1.82) is 0 Å². The van der Waals surface area contributed by atoms with Crippen LogP contribution in [0.3, 0.4) is 0 Å².